The van der Waals surface area contributed by atoms with Crippen LogP contribution in [0.4, 0.5) is 4.39 Å². The van der Waals surface area contributed by atoms with E-state index in [1.165, 1.54) is 12.1 Å². The van der Waals surface area contributed by atoms with Crippen LogP contribution in [0.2, 0.25) is 0 Å². The van der Waals surface area contributed by atoms with Gasteiger partial charge in [-0.25, -0.2) is 4.39 Å². The minimum atomic E-state index is -0.720. The van der Waals surface area contributed by atoms with Gasteiger partial charge in [0.05, 0.1) is 6.61 Å². The van der Waals surface area contributed by atoms with Crippen LogP contribution in [0.1, 0.15) is 32.6 Å². The lowest BCUT2D eigenvalue weighted by Gasteiger charge is -2.33. The van der Waals surface area contributed by atoms with Gasteiger partial charge in [0.1, 0.15) is 17.1 Å². The van der Waals surface area contributed by atoms with Crippen LogP contribution in [-0.4, -0.2) is 41.2 Å². The second-order valence-electron chi connectivity index (χ2n) is 5.44. The Balaban J connectivity index is 1.80. The summed E-state index contributed by atoms with van der Waals surface area (Å²) < 4.78 is 18.3. The van der Waals surface area contributed by atoms with E-state index in [0.29, 0.717) is 25.3 Å². The van der Waals surface area contributed by atoms with Crippen molar-refractivity contribution in [2.24, 2.45) is 0 Å². The van der Waals surface area contributed by atoms with Crippen molar-refractivity contribution in [1.29, 1.82) is 0 Å². The van der Waals surface area contributed by atoms with Gasteiger partial charge in [-0.15, -0.1) is 0 Å². The summed E-state index contributed by atoms with van der Waals surface area (Å²) in [4.78, 5) is 13.6. The second kappa shape index (κ2) is 6.89. The van der Waals surface area contributed by atoms with Crippen LogP contribution in [0.15, 0.2) is 24.3 Å². The Bertz CT molecular complexity index is 477. The Morgan fingerprint density at radius 3 is 2.76 bits per heavy atom. The predicted octanol–water partition coefficient (Wildman–Crippen LogP) is 2.92. The zero-order valence-corrected chi connectivity index (χ0v) is 12.3. The molecule has 4 nitrogen and oxygen atoms in total. The largest absolute Gasteiger partial charge is 0.494 e. The number of benzene rings is 1. The summed E-state index contributed by atoms with van der Waals surface area (Å²) >= 11 is 0. The number of nitrogens with zero attached hydrogens (tertiary/aromatic N) is 1. The molecule has 1 aromatic carbocycles. The molecule has 1 atom stereocenters. The molecule has 1 unspecified atom stereocenters. The Kier molecular flexibility index (Phi) is 5.17. The third kappa shape index (κ3) is 3.53. The molecule has 0 aromatic heterocycles. The molecule has 0 spiro atoms. The van der Waals surface area contributed by atoms with Gasteiger partial charge < -0.3 is 9.84 Å². The molecule has 1 aliphatic heterocycles. The van der Waals surface area contributed by atoms with Crippen molar-refractivity contribution < 1.29 is 19.0 Å². The van der Waals surface area contributed by atoms with Crippen molar-refractivity contribution in [3.63, 3.8) is 0 Å². The van der Waals surface area contributed by atoms with Gasteiger partial charge in [-0.3, -0.25) is 9.69 Å². The van der Waals surface area contributed by atoms with Crippen LogP contribution in [0.5, 0.6) is 5.75 Å². The van der Waals surface area contributed by atoms with E-state index in [2.05, 4.69) is 4.90 Å². The second-order valence-corrected chi connectivity index (χ2v) is 5.44. The molecule has 5 heteroatoms. The van der Waals surface area contributed by atoms with Crippen molar-refractivity contribution in [2.45, 2.75) is 38.1 Å². The fraction of sp³-hybridized carbons (Fsp3) is 0.562. The Hall–Kier alpha value is -1.62. The number of rotatable bonds is 7. The number of aliphatic carboxylic acids is 1. The number of halogens is 1. The molecule has 0 amide bonds. The molecule has 0 aliphatic carbocycles. The smallest absolute Gasteiger partial charge is 0.324 e. The molecule has 21 heavy (non-hydrogen) atoms. The Morgan fingerprint density at radius 2 is 2.14 bits per heavy atom. The Morgan fingerprint density at radius 1 is 1.43 bits per heavy atom. The molecule has 1 aromatic rings. The van der Waals surface area contributed by atoms with Crippen molar-refractivity contribution in [1.82, 2.24) is 4.90 Å². The summed E-state index contributed by atoms with van der Waals surface area (Å²) in [7, 11) is 0. The van der Waals surface area contributed by atoms with Crippen molar-refractivity contribution in [3.05, 3.63) is 30.1 Å². The summed E-state index contributed by atoms with van der Waals surface area (Å²) in [5.41, 5.74) is -0.699. The lowest BCUT2D eigenvalue weighted by Crippen LogP contribution is -2.50. The van der Waals surface area contributed by atoms with Gasteiger partial charge in [-0.2, -0.15) is 0 Å². The van der Waals surface area contributed by atoms with Gasteiger partial charge in [0.2, 0.25) is 0 Å². The van der Waals surface area contributed by atoms with E-state index in [1.807, 2.05) is 6.92 Å². The number of carbonyl (C=O) groups is 1. The molecule has 1 heterocycles. The highest BCUT2D eigenvalue weighted by Crippen LogP contribution is 2.32. The average molecular weight is 295 g/mol. The number of hydrogen-bond acceptors (Lipinski definition) is 3. The molecule has 0 bridgehead atoms. The molecule has 0 saturated carbocycles. The fourth-order valence-corrected chi connectivity index (χ4v) is 3.03. The van der Waals surface area contributed by atoms with Crippen LogP contribution < -0.4 is 4.74 Å². The highest BCUT2D eigenvalue weighted by atomic mass is 19.1. The first-order valence-electron chi connectivity index (χ1n) is 7.45. The number of carboxylic acid groups (broad SMARTS) is 1. The molecule has 1 aliphatic rings. The normalized spacial score (nSPS) is 22.4. The van der Waals surface area contributed by atoms with E-state index in [-0.39, 0.29) is 5.82 Å². The molecular formula is C16H22FNO3. The number of carboxylic acids is 1. The fourth-order valence-electron chi connectivity index (χ4n) is 3.03. The number of ether oxygens (including phenoxy) is 1. The highest BCUT2D eigenvalue weighted by molar-refractivity contribution is 5.79. The maximum Gasteiger partial charge on any atom is 0.324 e. The maximum absolute atomic E-state index is 12.8. The van der Waals surface area contributed by atoms with Crippen LogP contribution in [0, 0.1) is 5.82 Å². The zero-order valence-electron chi connectivity index (χ0n) is 12.3. The first-order valence-corrected chi connectivity index (χ1v) is 7.45. The maximum atomic E-state index is 12.8. The van der Waals surface area contributed by atoms with Gasteiger partial charge >= 0.3 is 5.97 Å². The van der Waals surface area contributed by atoms with Crippen molar-refractivity contribution in [2.75, 3.05) is 19.7 Å². The van der Waals surface area contributed by atoms with E-state index in [4.69, 9.17) is 4.74 Å². The van der Waals surface area contributed by atoms with Gasteiger partial charge in [-0.1, -0.05) is 6.92 Å². The summed E-state index contributed by atoms with van der Waals surface area (Å²) in [5.74, 6) is -0.367. The van der Waals surface area contributed by atoms with E-state index in [0.717, 1.165) is 25.8 Å². The lowest BCUT2D eigenvalue weighted by atomic mass is 9.93. The summed E-state index contributed by atoms with van der Waals surface area (Å²) in [6.07, 6.45) is 3.03. The Labute approximate surface area is 124 Å². The third-order valence-corrected chi connectivity index (χ3v) is 4.26. The van der Waals surface area contributed by atoms with E-state index >= 15 is 0 Å². The third-order valence-electron chi connectivity index (χ3n) is 4.26. The standard InChI is InChI=1S/C16H22FNO3/c1-2-16(15(19)20)9-3-10-18(16)11-4-12-21-14-7-5-13(17)6-8-14/h5-8H,2-4,9-12H2,1H3,(H,19,20). The summed E-state index contributed by atoms with van der Waals surface area (Å²) in [6.45, 7) is 3.97. The first kappa shape index (κ1) is 15.8. The topological polar surface area (TPSA) is 49.8 Å². The number of hydrogen-bond donors (Lipinski definition) is 1. The quantitative estimate of drug-likeness (QED) is 0.786. The molecule has 1 fully saturated rings. The summed E-state index contributed by atoms with van der Waals surface area (Å²) in [5, 5.41) is 9.49. The first-order chi connectivity index (χ1) is 10.1. The van der Waals surface area contributed by atoms with Crippen LogP contribution in [0.3, 0.4) is 0 Å². The molecule has 116 valence electrons. The molecule has 1 saturated heterocycles. The van der Waals surface area contributed by atoms with Gasteiger partial charge in [0.25, 0.3) is 0 Å². The zero-order chi connectivity index (χ0) is 15.3. The van der Waals surface area contributed by atoms with Gasteiger partial charge in [0, 0.05) is 6.54 Å². The van der Waals surface area contributed by atoms with Crippen molar-refractivity contribution in [3.8, 4) is 5.75 Å². The van der Waals surface area contributed by atoms with Gasteiger partial charge in [-0.05, 0) is 56.5 Å². The molecule has 2 rings (SSSR count). The van der Waals surface area contributed by atoms with Crippen LogP contribution >= 0.6 is 0 Å². The van der Waals surface area contributed by atoms with E-state index < -0.39 is 11.5 Å². The minimum absolute atomic E-state index is 0.284. The molecular weight excluding hydrogens is 273 g/mol. The van der Waals surface area contributed by atoms with E-state index in [9.17, 15) is 14.3 Å². The van der Waals surface area contributed by atoms with E-state index in [1.54, 1.807) is 12.1 Å². The van der Waals surface area contributed by atoms with Crippen molar-refractivity contribution >= 4 is 5.97 Å². The number of likely N-dealkylation sites (tertiary alicyclic amines) is 1. The highest BCUT2D eigenvalue weighted by Gasteiger charge is 2.45. The molecule has 0 radical (unpaired) electrons. The molecule has 1 N–H and O–H groups in total. The summed E-state index contributed by atoms with van der Waals surface area (Å²) in [6, 6.07) is 5.92. The van der Waals surface area contributed by atoms with Gasteiger partial charge in [0.15, 0.2) is 0 Å². The van der Waals surface area contributed by atoms with Crippen LogP contribution in [-0.2, 0) is 4.79 Å². The van der Waals surface area contributed by atoms with Crippen LogP contribution in [0.25, 0.3) is 0 Å². The monoisotopic (exact) mass is 295 g/mol. The average Bonchev–Trinajstić information content (AvgIpc) is 2.89. The lowest BCUT2D eigenvalue weighted by molar-refractivity contribution is -0.150. The SMILES string of the molecule is CCC1(C(=O)O)CCCN1CCCOc1ccc(F)cc1. The predicted molar refractivity (Wildman–Crippen MR) is 78.0 cm³/mol. The minimum Gasteiger partial charge on any atom is -0.494 e.